The van der Waals surface area contributed by atoms with Gasteiger partial charge < -0.3 is 0 Å². The van der Waals surface area contributed by atoms with Crippen molar-refractivity contribution in [1.29, 1.82) is 0 Å². The first kappa shape index (κ1) is 13.7. The van der Waals surface area contributed by atoms with Crippen LogP contribution in [0, 0.1) is 6.92 Å². The average Bonchev–Trinajstić information content (AvgIpc) is 3.08. The van der Waals surface area contributed by atoms with E-state index in [2.05, 4.69) is 24.9 Å². The second-order valence-electron chi connectivity index (χ2n) is 4.30. The molecule has 0 bridgehead atoms. The molecule has 0 aliphatic rings. The Morgan fingerprint density at radius 2 is 2.14 bits per heavy atom. The largest absolute Gasteiger partial charge is 0.276 e. The van der Waals surface area contributed by atoms with Gasteiger partial charge in [0.25, 0.3) is 10.0 Å². The SMILES string of the molecule is Cc1cncc(S(=O)(=O)Nc2cn[nH]c2-c2nccs2)c1. The first-order valence-corrected chi connectivity index (χ1v) is 8.30. The zero-order valence-corrected chi connectivity index (χ0v) is 12.6. The molecule has 3 rings (SSSR count). The Bertz CT molecular complexity index is 855. The number of sulfonamides is 1. The number of aromatic nitrogens is 4. The summed E-state index contributed by atoms with van der Waals surface area (Å²) in [5.74, 6) is 0. The van der Waals surface area contributed by atoms with Crippen molar-refractivity contribution in [2.45, 2.75) is 11.8 Å². The highest BCUT2D eigenvalue weighted by Crippen LogP contribution is 2.28. The molecule has 3 aromatic heterocycles. The van der Waals surface area contributed by atoms with Crippen LogP contribution in [0.2, 0.25) is 0 Å². The maximum Gasteiger partial charge on any atom is 0.263 e. The van der Waals surface area contributed by atoms with Crippen molar-refractivity contribution >= 4 is 27.0 Å². The monoisotopic (exact) mass is 321 g/mol. The summed E-state index contributed by atoms with van der Waals surface area (Å²) < 4.78 is 27.2. The molecule has 0 aliphatic carbocycles. The summed E-state index contributed by atoms with van der Waals surface area (Å²) in [6.07, 6.45) is 5.96. The molecule has 0 atom stereocenters. The minimum absolute atomic E-state index is 0.105. The third kappa shape index (κ3) is 2.78. The number of nitrogens with one attached hydrogen (secondary N) is 2. The van der Waals surface area contributed by atoms with Crippen molar-refractivity contribution in [3.63, 3.8) is 0 Å². The van der Waals surface area contributed by atoms with Crippen molar-refractivity contribution in [3.05, 3.63) is 41.8 Å². The van der Waals surface area contributed by atoms with Crippen LogP contribution in [-0.4, -0.2) is 28.6 Å². The molecule has 3 aromatic rings. The molecule has 108 valence electrons. The molecule has 0 saturated carbocycles. The summed E-state index contributed by atoms with van der Waals surface area (Å²) in [4.78, 5) is 8.14. The van der Waals surface area contributed by atoms with Gasteiger partial charge in [-0.25, -0.2) is 13.4 Å². The minimum Gasteiger partial charge on any atom is -0.276 e. The van der Waals surface area contributed by atoms with E-state index in [1.807, 2.05) is 0 Å². The van der Waals surface area contributed by atoms with Gasteiger partial charge in [-0.15, -0.1) is 11.3 Å². The lowest BCUT2D eigenvalue weighted by atomic mass is 10.3. The van der Waals surface area contributed by atoms with Crippen LogP contribution in [0.5, 0.6) is 0 Å². The second-order valence-corrected chi connectivity index (χ2v) is 6.88. The molecule has 0 fully saturated rings. The lowest BCUT2D eigenvalue weighted by molar-refractivity contribution is 0.600. The standard InChI is InChI=1S/C12H11N5O2S2/c1-8-4-9(6-13-5-8)21(18,19)17-10-7-15-16-11(10)12-14-2-3-20-12/h2-7,17H,1H3,(H,15,16). The highest BCUT2D eigenvalue weighted by molar-refractivity contribution is 7.92. The number of nitrogens with zero attached hydrogens (tertiary/aromatic N) is 3. The van der Waals surface area contributed by atoms with Crippen molar-refractivity contribution in [1.82, 2.24) is 20.2 Å². The maximum absolute atomic E-state index is 12.4. The van der Waals surface area contributed by atoms with Gasteiger partial charge in [0.15, 0.2) is 0 Å². The molecular formula is C12H11N5O2S2. The smallest absolute Gasteiger partial charge is 0.263 e. The molecule has 0 spiro atoms. The van der Waals surface area contributed by atoms with Gasteiger partial charge in [-0.05, 0) is 18.6 Å². The van der Waals surface area contributed by atoms with Gasteiger partial charge in [-0.1, -0.05) is 0 Å². The predicted molar refractivity (Wildman–Crippen MR) is 79.5 cm³/mol. The van der Waals surface area contributed by atoms with Crippen molar-refractivity contribution in [3.8, 4) is 10.7 Å². The van der Waals surface area contributed by atoms with Gasteiger partial charge in [0, 0.05) is 24.0 Å². The summed E-state index contributed by atoms with van der Waals surface area (Å²) >= 11 is 1.39. The van der Waals surface area contributed by atoms with E-state index >= 15 is 0 Å². The first-order valence-electron chi connectivity index (χ1n) is 5.94. The van der Waals surface area contributed by atoms with Gasteiger partial charge in [0.1, 0.15) is 15.6 Å². The molecule has 0 aliphatic heterocycles. The molecule has 0 aromatic carbocycles. The zero-order chi connectivity index (χ0) is 14.9. The Balaban J connectivity index is 1.96. The Labute approximate surface area is 125 Å². The van der Waals surface area contributed by atoms with E-state index in [4.69, 9.17) is 0 Å². The van der Waals surface area contributed by atoms with Crippen LogP contribution in [0.25, 0.3) is 10.7 Å². The third-order valence-corrected chi connectivity index (χ3v) is 4.81. The fourth-order valence-electron chi connectivity index (χ4n) is 1.75. The molecular weight excluding hydrogens is 310 g/mol. The van der Waals surface area contributed by atoms with E-state index in [0.717, 1.165) is 5.56 Å². The number of pyridine rings is 1. The van der Waals surface area contributed by atoms with Gasteiger partial charge in [-0.2, -0.15) is 5.10 Å². The number of aromatic amines is 1. The quantitative estimate of drug-likeness (QED) is 0.766. The lowest BCUT2D eigenvalue weighted by Gasteiger charge is -2.07. The highest BCUT2D eigenvalue weighted by atomic mass is 32.2. The number of H-pyrrole nitrogens is 1. The Kier molecular flexibility index (Phi) is 3.43. The number of thiazole rings is 1. The molecule has 7 nitrogen and oxygen atoms in total. The van der Waals surface area contributed by atoms with Gasteiger partial charge in [0.2, 0.25) is 0 Å². The average molecular weight is 321 g/mol. The van der Waals surface area contributed by atoms with Crippen molar-refractivity contribution in [2.24, 2.45) is 0 Å². The van der Waals surface area contributed by atoms with Crippen LogP contribution in [0.1, 0.15) is 5.56 Å². The number of rotatable bonds is 4. The highest BCUT2D eigenvalue weighted by Gasteiger charge is 2.19. The van der Waals surface area contributed by atoms with Crippen molar-refractivity contribution in [2.75, 3.05) is 4.72 Å². The number of anilines is 1. The summed E-state index contributed by atoms with van der Waals surface area (Å²) in [7, 11) is -3.71. The van der Waals surface area contributed by atoms with Crippen LogP contribution in [0.15, 0.2) is 41.1 Å². The molecule has 9 heteroatoms. The number of aryl methyl sites for hydroxylation is 1. The summed E-state index contributed by atoms with van der Waals surface area (Å²) in [5.41, 5.74) is 1.66. The Morgan fingerprint density at radius 3 is 2.86 bits per heavy atom. The normalized spacial score (nSPS) is 11.5. The third-order valence-electron chi connectivity index (χ3n) is 2.69. The first-order chi connectivity index (χ1) is 10.1. The van der Waals surface area contributed by atoms with E-state index < -0.39 is 10.0 Å². The van der Waals surface area contributed by atoms with Gasteiger partial charge >= 0.3 is 0 Å². The summed E-state index contributed by atoms with van der Waals surface area (Å²) in [6, 6.07) is 1.55. The topological polar surface area (TPSA) is 101 Å². The molecule has 21 heavy (non-hydrogen) atoms. The maximum atomic E-state index is 12.4. The molecule has 0 radical (unpaired) electrons. The molecule has 2 N–H and O–H groups in total. The number of hydrogen-bond donors (Lipinski definition) is 2. The van der Waals surface area contributed by atoms with Crippen LogP contribution in [0.4, 0.5) is 5.69 Å². The fourth-order valence-corrected chi connectivity index (χ4v) is 3.50. The van der Waals surface area contributed by atoms with E-state index in [9.17, 15) is 8.42 Å². The Hall–Kier alpha value is -2.26. The minimum atomic E-state index is -3.71. The molecule has 0 unspecified atom stereocenters. The van der Waals surface area contributed by atoms with Gasteiger partial charge in [-0.3, -0.25) is 14.8 Å². The van der Waals surface area contributed by atoms with Crippen LogP contribution < -0.4 is 4.72 Å². The lowest BCUT2D eigenvalue weighted by Crippen LogP contribution is -2.13. The van der Waals surface area contributed by atoms with E-state index in [1.165, 1.54) is 23.7 Å². The second kappa shape index (κ2) is 5.26. The zero-order valence-electron chi connectivity index (χ0n) is 10.9. The van der Waals surface area contributed by atoms with Crippen LogP contribution in [0.3, 0.4) is 0 Å². The molecule has 3 heterocycles. The van der Waals surface area contributed by atoms with Gasteiger partial charge in [0.05, 0.1) is 11.9 Å². The van der Waals surface area contributed by atoms with Crippen molar-refractivity contribution < 1.29 is 8.42 Å². The molecule has 0 saturated heterocycles. The Morgan fingerprint density at radius 1 is 1.29 bits per heavy atom. The number of hydrogen-bond acceptors (Lipinski definition) is 6. The van der Waals surface area contributed by atoms with E-state index in [0.29, 0.717) is 16.4 Å². The van der Waals surface area contributed by atoms with Crippen LogP contribution in [-0.2, 0) is 10.0 Å². The summed E-state index contributed by atoms with van der Waals surface area (Å²) in [5, 5.41) is 9.09. The van der Waals surface area contributed by atoms with E-state index in [1.54, 1.807) is 30.8 Å². The van der Waals surface area contributed by atoms with E-state index in [-0.39, 0.29) is 4.90 Å². The fraction of sp³-hybridized carbons (Fsp3) is 0.0833. The molecule has 0 amide bonds. The van der Waals surface area contributed by atoms with Crippen LogP contribution >= 0.6 is 11.3 Å². The summed E-state index contributed by atoms with van der Waals surface area (Å²) in [6.45, 7) is 1.78. The predicted octanol–water partition coefficient (Wildman–Crippen LogP) is 2.04.